The van der Waals surface area contributed by atoms with Crippen LogP contribution in [0.4, 0.5) is 22.7 Å². The second-order valence-corrected chi connectivity index (χ2v) is 41.8. The lowest BCUT2D eigenvalue weighted by Crippen LogP contribution is -2.45. The van der Waals surface area contributed by atoms with Crippen molar-refractivity contribution < 1.29 is 0 Å². The van der Waals surface area contributed by atoms with Gasteiger partial charge in [0.15, 0.2) is 0 Å². The number of aromatic nitrogens is 4. The van der Waals surface area contributed by atoms with Gasteiger partial charge in [-0.15, -0.1) is 0 Å². The van der Waals surface area contributed by atoms with E-state index in [9.17, 15) is 0 Å². The normalized spacial score (nSPS) is 29.7. The van der Waals surface area contributed by atoms with Crippen LogP contribution in [0.2, 0.25) is 0 Å². The number of pyridine rings is 4. The number of nitrogens with one attached hydrogen (secondary N) is 4. The highest BCUT2D eigenvalue weighted by atomic mass is 15.2. The van der Waals surface area contributed by atoms with Crippen LogP contribution < -0.4 is 40.9 Å². The predicted molar refractivity (Wildman–Crippen MR) is 505 cm³/mol. The zero-order valence-electron chi connectivity index (χ0n) is 75.6. The summed E-state index contributed by atoms with van der Waals surface area (Å²) in [4.78, 5) is 40.3. The number of anilines is 4. The summed E-state index contributed by atoms with van der Waals surface area (Å²) in [5, 5.41) is 15.4. The zero-order chi connectivity index (χ0) is 83.1. The van der Waals surface area contributed by atoms with E-state index in [1.807, 2.05) is 24.8 Å². The summed E-state index contributed by atoms with van der Waals surface area (Å²) in [6, 6.07) is 49.4. The molecule has 4 saturated heterocycles. The molecule has 0 bridgehead atoms. The summed E-state index contributed by atoms with van der Waals surface area (Å²) in [6.07, 6.45) is 44.6. The van der Waals surface area contributed by atoms with Crippen LogP contribution in [0.1, 0.15) is 242 Å². The fourth-order valence-electron chi connectivity index (χ4n) is 27.8. The van der Waals surface area contributed by atoms with Crippen molar-refractivity contribution in [3.8, 4) is 0 Å². The van der Waals surface area contributed by atoms with Crippen molar-refractivity contribution in [3.63, 3.8) is 0 Å². The summed E-state index contributed by atoms with van der Waals surface area (Å²) in [7, 11) is 9.22. The van der Waals surface area contributed by atoms with E-state index in [4.69, 9.17) is 19.9 Å². The van der Waals surface area contributed by atoms with Gasteiger partial charge >= 0.3 is 0 Å². The maximum absolute atomic E-state index is 4.78. The van der Waals surface area contributed by atoms with Crippen molar-refractivity contribution in [2.45, 2.75) is 254 Å². The molecule has 0 unspecified atom stereocenters. The predicted octanol–water partition coefficient (Wildman–Crippen LogP) is 17.4. The maximum Gasteiger partial charge on any atom is 0.0607 e. The number of rotatable bonds is 16. The molecule has 4 N–H and O–H groups in total. The van der Waals surface area contributed by atoms with Crippen LogP contribution >= 0.6 is 0 Å². The lowest BCUT2D eigenvalue weighted by Gasteiger charge is -2.37. The molecular formula is C108H144N16. The fraction of sp³-hybridized carbons (Fsp3) is 0.593. The average molecular weight is 1670 g/mol. The summed E-state index contributed by atoms with van der Waals surface area (Å²) in [5.41, 5.74) is 29.7. The lowest BCUT2D eigenvalue weighted by molar-refractivity contribution is 0.191. The molecule has 124 heavy (non-hydrogen) atoms. The monoisotopic (exact) mass is 1670 g/mol. The molecule has 16 nitrogen and oxygen atoms in total. The van der Waals surface area contributed by atoms with E-state index < -0.39 is 0 Å². The Kier molecular flexibility index (Phi) is 25.2. The number of benzene rings is 4. The van der Waals surface area contributed by atoms with Crippen molar-refractivity contribution in [2.24, 2.45) is 47.3 Å². The first-order chi connectivity index (χ1) is 61.0. The Morgan fingerprint density at radius 1 is 0.258 bits per heavy atom. The number of aryl methyl sites for hydroxylation is 4. The average Bonchev–Trinajstić information content (AvgIpc) is 1.59. The Labute approximate surface area is 742 Å². The van der Waals surface area contributed by atoms with E-state index in [0.717, 1.165) is 125 Å². The molecular weight excluding hydrogens is 1520 g/mol. The zero-order valence-corrected chi connectivity index (χ0v) is 75.6. The third kappa shape index (κ3) is 17.7. The molecule has 656 valence electrons. The maximum atomic E-state index is 4.78. The Morgan fingerprint density at radius 3 is 0.685 bits per heavy atom. The molecule has 8 fully saturated rings. The highest BCUT2D eigenvalue weighted by Crippen LogP contribution is 2.48. The van der Waals surface area contributed by atoms with Gasteiger partial charge in [-0.3, -0.25) is 39.5 Å². The van der Waals surface area contributed by atoms with E-state index >= 15 is 0 Å². The minimum absolute atomic E-state index is 0.460. The number of fused-ring (bicyclic) bond motifs is 12. The third-order valence-corrected chi connectivity index (χ3v) is 34.2. The van der Waals surface area contributed by atoms with E-state index in [0.29, 0.717) is 48.3 Å². The number of nitrogens with zero attached hydrogens (tertiary/aromatic N) is 12. The van der Waals surface area contributed by atoms with Gasteiger partial charge in [-0.2, -0.15) is 0 Å². The first-order valence-corrected chi connectivity index (χ1v) is 50.0. The molecule has 4 aromatic heterocycles. The molecule has 0 amide bonds. The van der Waals surface area contributed by atoms with Crippen molar-refractivity contribution in [2.75, 3.05) is 126 Å². The molecule has 0 spiro atoms. The molecule has 4 saturated carbocycles. The highest BCUT2D eigenvalue weighted by Gasteiger charge is 2.44. The van der Waals surface area contributed by atoms with Gasteiger partial charge in [0.1, 0.15) is 0 Å². The first-order valence-electron chi connectivity index (χ1n) is 50.0. The van der Waals surface area contributed by atoms with Gasteiger partial charge in [0.25, 0.3) is 0 Å². The van der Waals surface area contributed by atoms with Crippen LogP contribution in [-0.2, 0) is 77.5 Å². The van der Waals surface area contributed by atoms with Gasteiger partial charge in [0.2, 0.25) is 0 Å². The Morgan fingerprint density at radius 2 is 0.468 bits per heavy atom. The van der Waals surface area contributed by atoms with Crippen LogP contribution in [0.15, 0.2) is 146 Å². The molecule has 8 aliphatic heterocycles. The van der Waals surface area contributed by atoms with E-state index in [-0.39, 0.29) is 0 Å². The molecule has 8 aromatic rings. The molecule has 16 aliphatic rings. The standard InChI is InChI=1S/4C27H36N4/c4*1-30(26-12-3-6-19-10-5-13-28-27(19)26)18-23-14-24-20(15-29-23)7-4-11-25(24)31-16-21-8-2-9-22(21)17-31/h4*4-5,7,10-11,13,21-23,26,29H,2-3,6,8-9,12,14-18H2,1H3/t21-,22+,23-,26+;21-,22+,23-,26-;21-,22-,23+,26-;21-,22-,23-,26-/m1000/s1. The second kappa shape index (κ2) is 37.6. The lowest BCUT2D eigenvalue weighted by atomic mass is 9.89. The molecule has 16 heteroatoms. The molecule has 16 atom stereocenters. The number of hydrogen-bond acceptors (Lipinski definition) is 16. The molecule has 12 heterocycles. The van der Waals surface area contributed by atoms with Gasteiger partial charge in [0, 0.05) is 176 Å². The van der Waals surface area contributed by atoms with Gasteiger partial charge < -0.3 is 40.9 Å². The number of hydrogen-bond donors (Lipinski definition) is 4. The van der Waals surface area contributed by atoms with Crippen LogP contribution in [0.3, 0.4) is 0 Å². The Hall–Kier alpha value is -7.64. The second-order valence-electron chi connectivity index (χ2n) is 41.8. The van der Waals surface area contributed by atoms with Gasteiger partial charge in [-0.05, 0) is 345 Å². The smallest absolute Gasteiger partial charge is 0.0607 e. The quantitative estimate of drug-likeness (QED) is 0.0733. The number of likely N-dealkylation sites (N-methyl/N-ethyl adjacent to an activating group) is 4. The van der Waals surface area contributed by atoms with Gasteiger partial charge in [0.05, 0.1) is 46.9 Å². The molecule has 8 aliphatic carbocycles. The summed E-state index contributed by atoms with van der Waals surface area (Å²) in [5.74, 6) is 7.54. The van der Waals surface area contributed by atoms with Crippen molar-refractivity contribution in [1.82, 2.24) is 60.8 Å². The van der Waals surface area contributed by atoms with E-state index in [2.05, 4.69) is 210 Å². The van der Waals surface area contributed by atoms with Gasteiger partial charge in [-0.25, -0.2) is 0 Å². The largest absolute Gasteiger partial charge is 0.371 e. The van der Waals surface area contributed by atoms with Crippen LogP contribution in [0, 0.1) is 47.3 Å². The van der Waals surface area contributed by atoms with Crippen LogP contribution in [0.25, 0.3) is 0 Å². The van der Waals surface area contributed by atoms with Crippen molar-refractivity contribution >= 4 is 22.7 Å². The molecule has 0 radical (unpaired) electrons. The third-order valence-electron chi connectivity index (χ3n) is 34.2. The summed E-state index contributed by atoms with van der Waals surface area (Å²) < 4.78 is 0. The fourth-order valence-corrected chi connectivity index (χ4v) is 27.8. The van der Waals surface area contributed by atoms with E-state index in [1.165, 1.54) is 296 Å². The topological polar surface area (TPSA) is 126 Å². The summed E-state index contributed by atoms with van der Waals surface area (Å²) >= 11 is 0. The Bertz CT molecular complexity index is 4330. The van der Waals surface area contributed by atoms with Crippen LogP contribution in [-0.4, -0.2) is 170 Å². The summed E-state index contributed by atoms with van der Waals surface area (Å²) in [6.45, 7) is 18.6. The first kappa shape index (κ1) is 83.3. The van der Waals surface area contributed by atoms with Crippen molar-refractivity contribution in [1.29, 1.82) is 0 Å². The molecule has 4 aromatic carbocycles. The van der Waals surface area contributed by atoms with E-state index in [1.54, 1.807) is 22.3 Å². The highest BCUT2D eigenvalue weighted by molar-refractivity contribution is 5.63. The van der Waals surface area contributed by atoms with Gasteiger partial charge in [-0.1, -0.05) is 98.5 Å². The Balaban J connectivity index is 0.000000101. The van der Waals surface area contributed by atoms with Crippen LogP contribution in [0.5, 0.6) is 0 Å². The van der Waals surface area contributed by atoms with Crippen molar-refractivity contribution in [3.05, 3.63) is 236 Å². The SMILES string of the molecule is CN(C[C@@H]1Cc2c(cccc2N2C[C@@H]3CCC[C@H]3C2)CN1)[C@H]1CCCc2cccnc21.CN(C[C@@H]1Cc2c(cccc2N2C[C@H]3CCC[C@H]3C2)CN1)[C@H]1CCCc2cccnc21.CN(C[C@H]1Cc2c(cccc2N2C[C@@H]3CCC[C@H]3C2)CN1)[C@H]1CCCc2cccnc21.CN(C[C@H]1Cc2c(cccc2N2C[C@H]3CCC[C@H]3C2)CN1)[C@H]1CCCc2cccnc21. The molecule has 24 rings (SSSR count). The minimum atomic E-state index is 0.460. The minimum Gasteiger partial charge on any atom is -0.371 e.